The third-order valence-electron chi connectivity index (χ3n) is 6.63. The number of nitrogens with one attached hydrogen (secondary N) is 3. The molecule has 13 nitrogen and oxygen atoms in total. The van der Waals surface area contributed by atoms with Crippen LogP contribution in [0.25, 0.3) is 0 Å². The second kappa shape index (κ2) is 20.4. The molecule has 0 aliphatic heterocycles. The van der Waals surface area contributed by atoms with E-state index in [1.165, 1.54) is 34.3 Å². The zero-order valence-electron chi connectivity index (χ0n) is 27.0. The Kier molecular flexibility index (Phi) is 17.5. The summed E-state index contributed by atoms with van der Waals surface area (Å²) in [5.41, 5.74) is -0.843. The first-order valence-corrected chi connectivity index (χ1v) is 18.0. The number of amides is 3. The number of methoxy groups -OCH3 is 2. The summed E-state index contributed by atoms with van der Waals surface area (Å²) in [6, 6.07) is 5.43. The fraction of sp³-hybridized carbons (Fsp3) is 0.516. The highest BCUT2D eigenvalue weighted by Gasteiger charge is 2.42. The molecule has 0 bridgehead atoms. The van der Waals surface area contributed by atoms with Crippen LogP contribution in [0.2, 0.25) is 0 Å². The number of ether oxygens (including phenoxy) is 3. The third-order valence-corrected chi connectivity index (χ3v) is 9.89. The lowest BCUT2D eigenvalue weighted by molar-refractivity contribution is -0.164. The maximum Gasteiger partial charge on any atom is 0.306 e. The van der Waals surface area contributed by atoms with Gasteiger partial charge in [-0.05, 0) is 32.3 Å². The normalized spacial score (nSPS) is 14.2. The number of ketones is 1. The number of carbonyl (C=O) groups excluding carboxylic acids is 6. The Morgan fingerprint density at radius 2 is 1.55 bits per heavy atom. The van der Waals surface area contributed by atoms with Crippen molar-refractivity contribution in [3.05, 3.63) is 52.0 Å². The van der Waals surface area contributed by atoms with Gasteiger partial charge in [-0.2, -0.15) is 0 Å². The van der Waals surface area contributed by atoms with Crippen molar-refractivity contribution in [1.82, 2.24) is 20.9 Å². The van der Waals surface area contributed by atoms with Crippen LogP contribution < -0.4 is 16.0 Å². The van der Waals surface area contributed by atoms with Crippen molar-refractivity contribution in [2.24, 2.45) is 0 Å². The second-order valence-corrected chi connectivity index (χ2v) is 13.9. The van der Waals surface area contributed by atoms with Crippen LogP contribution in [0.1, 0.15) is 46.9 Å². The van der Waals surface area contributed by atoms with Crippen LogP contribution in [0.3, 0.4) is 0 Å². The van der Waals surface area contributed by atoms with Crippen molar-refractivity contribution >= 4 is 80.3 Å². The zero-order valence-corrected chi connectivity index (χ0v) is 30.8. The van der Waals surface area contributed by atoms with Crippen LogP contribution in [0.4, 0.5) is 0 Å². The molecule has 1 unspecified atom stereocenters. The quantitative estimate of drug-likeness (QED) is 0.0775. The number of thiazole rings is 1. The van der Waals surface area contributed by atoms with Gasteiger partial charge in [0, 0.05) is 37.7 Å². The van der Waals surface area contributed by atoms with E-state index in [1.54, 1.807) is 31.2 Å². The van der Waals surface area contributed by atoms with E-state index >= 15 is 0 Å². The van der Waals surface area contributed by atoms with E-state index in [2.05, 4.69) is 20.9 Å². The molecule has 0 saturated carbocycles. The summed E-state index contributed by atoms with van der Waals surface area (Å²) in [4.78, 5) is 81.9. The molecule has 1 aromatic heterocycles. The number of carbonyl (C=O) groups is 6. The smallest absolute Gasteiger partial charge is 0.306 e. The molecule has 4 atom stereocenters. The molecule has 0 radical (unpaired) electrons. The van der Waals surface area contributed by atoms with Crippen LogP contribution in [-0.2, 0) is 44.6 Å². The maximum absolute atomic E-state index is 14.0. The van der Waals surface area contributed by atoms with Crippen molar-refractivity contribution in [2.45, 2.75) is 63.8 Å². The molecule has 0 aliphatic rings. The van der Waals surface area contributed by atoms with Gasteiger partial charge < -0.3 is 30.2 Å². The highest BCUT2D eigenvalue weighted by Crippen LogP contribution is 2.22. The first kappa shape index (κ1) is 40.2. The summed E-state index contributed by atoms with van der Waals surface area (Å²) in [6.07, 6.45) is 1.89. The van der Waals surface area contributed by atoms with E-state index < -0.39 is 53.2 Å². The summed E-state index contributed by atoms with van der Waals surface area (Å²) >= 11 is 4.22. The summed E-state index contributed by atoms with van der Waals surface area (Å²) in [5.74, 6) is -2.66. The van der Waals surface area contributed by atoms with Crippen molar-refractivity contribution in [1.29, 1.82) is 0 Å². The van der Waals surface area contributed by atoms with E-state index in [1.807, 2.05) is 28.7 Å². The number of hydrogen-bond acceptors (Lipinski definition) is 12. The van der Waals surface area contributed by atoms with Crippen molar-refractivity contribution in [2.75, 3.05) is 37.6 Å². The Morgan fingerprint density at radius 1 is 0.957 bits per heavy atom. The van der Waals surface area contributed by atoms with Gasteiger partial charge in [-0.3, -0.25) is 28.8 Å². The monoisotopic (exact) mass is 804 g/mol. The topological polar surface area (TPSA) is 179 Å². The number of Topliss-reactive ketones (excluding diaryl/α,β-unsaturated/α-hetero) is 1. The van der Waals surface area contributed by atoms with E-state index in [0.717, 1.165) is 28.7 Å². The number of hydrogen-bond donors (Lipinski definition) is 3. The van der Waals surface area contributed by atoms with Crippen LogP contribution >= 0.6 is 45.7 Å². The molecule has 1 aromatic carbocycles. The van der Waals surface area contributed by atoms with Gasteiger partial charge >= 0.3 is 5.97 Å². The zero-order chi connectivity index (χ0) is 35.0. The summed E-state index contributed by atoms with van der Waals surface area (Å²) in [6.45, 7) is 4.25. The molecule has 0 fully saturated rings. The summed E-state index contributed by atoms with van der Waals surface area (Å²) in [5, 5.41) is 8.53. The van der Waals surface area contributed by atoms with Gasteiger partial charge in [0.25, 0.3) is 5.91 Å². The predicted molar refractivity (Wildman–Crippen MR) is 187 cm³/mol. The molecule has 2 aromatic rings. The lowest BCUT2D eigenvalue weighted by Crippen LogP contribution is -2.60. The van der Waals surface area contributed by atoms with Crippen LogP contribution in [0.15, 0.2) is 36.5 Å². The van der Waals surface area contributed by atoms with Crippen LogP contribution in [-0.4, -0.2) is 101 Å². The number of aryl methyl sites for hydroxylation is 1. The molecule has 0 aliphatic carbocycles. The van der Waals surface area contributed by atoms with Crippen molar-refractivity contribution < 1.29 is 43.0 Å². The average molecular weight is 805 g/mol. The molecule has 0 spiro atoms. The number of halogens is 1. The SMILES string of the molecule is COC[C@H](NC(=O)c1cnc(C)s1)C(=O)N[C@@H](COC)C(=O)NC(Cc1ccccc1)C(=O)[C@@](C)(CI)OC(=O)CCCSC(C)=O. The Balaban J connectivity index is 2.24. The molecule has 3 amide bonds. The van der Waals surface area contributed by atoms with Gasteiger partial charge in [-0.25, -0.2) is 4.98 Å². The van der Waals surface area contributed by atoms with E-state index in [-0.39, 0.29) is 35.6 Å². The molecule has 16 heteroatoms. The Bertz CT molecular complexity index is 1380. The lowest BCUT2D eigenvalue weighted by Gasteiger charge is -2.31. The number of benzene rings is 1. The molecule has 258 valence electrons. The molecule has 3 N–H and O–H groups in total. The average Bonchev–Trinajstić information content (AvgIpc) is 3.48. The molecule has 47 heavy (non-hydrogen) atoms. The first-order valence-electron chi connectivity index (χ1n) is 14.6. The number of alkyl halides is 1. The fourth-order valence-corrected chi connectivity index (χ4v) is 6.03. The van der Waals surface area contributed by atoms with E-state index in [4.69, 9.17) is 14.2 Å². The lowest BCUT2D eigenvalue weighted by atomic mass is 9.92. The maximum atomic E-state index is 14.0. The first-order chi connectivity index (χ1) is 22.3. The molecule has 2 rings (SSSR count). The Hall–Kier alpha value is -2.93. The minimum absolute atomic E-state index is 0.0131. The number of aromatic nitrogens is 1. The van der Waals surface area contributed by atoms with Gasteiger partial charge in [0.05, 0.1) is 30.5 Å². The molecular formula is C31H41IN4O9S2. The Labute approximate surface area is 296 Å². The molecule has 0 saturated heterocycles. The van der Waals surface area contributed by atoms with Gasteiger partial charge in [0.15, 0.2) is 16.5 Å². The van der Waals surface area contributed by atoms with Gasteiger partial charge in [-0.1, -0.05) is 64.7 Å². The third kappa shape index (κ3) is 13.6. The Morgan fingerprint density at radius 3 is 2.09 bits per heavy atom. The minimum atomic E-state index is -1.58. The summed E-state index contributed by atoms with van der Waals surface area (Å²) < 4.78 is 16.1. The van der Waals surface area contributed by atoms with Gasteiger partial charge in [0.1, 0.15) is 17.0 Å². The highest BCUT2D eigenvalue weighted by molar-refractivity contribution is 14.1. The molecular weight excluding hydrogens is 763 g/mol. The van der Waals surface area contributed by atoms with Gasteiger partial charge in [0.2, 0.25) is 11.8 Å². The minimum Gasteiger partial charge on any atom is -0.450 e. The van der Waals surface area contributed by atoms with Crippen molar-refractivity contribution in [3.63, 3.8) is 0 Å². The number of thioether (sulfide) groups is 1. The van der Waals surface area contributed by atoms with Crippen LogP contribution in [0, 0.1) is 6.92 Å². The largest absolute Gasteiger partial charge is 0.450 e. The van der Waals surface area contributed by atoms with E-state index in [0.29, 0.717) is 22.1 Å². The predicted octanol–water partition coefficient (Wildman–Crippen LogP) is 2.42. The number of esters is 1. The van der Waals surface area contributed by atoms with E-state index in [9.17, 15) is 28.8 Å². The standard InChI is InChI=1S/C31H41IN4O9S2/c1-19-33-15-25(47-19)30(42)36-24(17-44-5)29(41)35-23(16-43-4)28(40)34-22(14-21-10-7-6-8-11-21)27(39)31(3,18-32)45-26(38)12-9-13-46-20(2)37/h6-8,10-11,15,22-24H,9,12-14,16-18H2,1-5H3,(H,34,40)(H,35,41)(H,36,42)/t22?,23-,24-,31+/m0/s1. The second-order valence-electron chi connectivity index (χ2n) is 10.6. The highest BCUT2D eigenvalue weighted by atomic mass is 127. The van der Waals surface area contributed by atoms with Gasteiger partial charge in [-0.15, -0.1) is 11.3 Å². The number of rotatable bonds is 20. The fourth-order valence-electron chi connectivity index (χ4n) is 4.25. The molecule has 1 heterocycles. The number of nitrogens with zero attached hydrogens (tertiary/aromatic N) is 1. The summed E-state index contributed by atoms with van der Waals surface area (Å²) in [7, 11) is 2.71. The van der Waals surface area contributed by atoms with Crippen LogP contribution in [0.5, 0.6) is 0 Å². The van der Waals surface area contributed by atoms with Crippen molar-refractivity contribution in [3.8, 4) is 0 Å².